The van der Waals surface area contributed by atoms with E-state index in [0.717, 1.165) is 19.6 Å². The molecule has 1 rings (SSSR count). The van der Waals surface area contributed by atoms with E-state index in [1.165, 1.54) is 0 Å². The SMILES string of the molecule is [CH2][C@H]1CNCCN1. The van der Waals surface area contributed by atoms with Gasteiger partial charge in [-0.3, -0.25) is 0 Å². The van der Waals surface area contributed by atoms with Gasteiger partial charge < -0.3 is 10.6 Å². The van der Waals surface area contributed by atoms with E-state index in [0.29, 0.717) is 6.04 Å². The van der Waals surface area contributed by atoms with E-state index in [9.17, 15) is 0 Å². The smallest absolute Gasteiger partial charge is 0.0193 e. The normalized spacial score (nSPS) is 33.0. The van der Waals surface area contributed by atoms with Gasteiger partial charge >= 0.3 is 0 Å². The van der Waals surface area contributed by atoms with Crippen LogP contribution in [-0.4, -0.2) is 25.7 Å². The highest BCUT2D eigenvalue weighted by molar-refractivity contribution is 4.76. The first-order valence-corrected chi connectivity index (χ1v) is 2.67. The van der Waals surface area contributed by atoms with Crippen molar-refractivity contribution in [1.82, 2.24) is 10.6 Å². The fourth-order valence-electron chi connectivity index (χ4n) is 0.713. The van der Waals surface area contributed by atoms with Crippen LogP contribution in [0.1, 0.15) is 0 Å². The van der Waals surface area contributed by atoms with Gasteiger partial charge in [-0.1, -0.05) is 0 Å². The van der Waals surface area contributed by atoms with Crippen LogP contribution in [0.2, 0.25) is 0 Å². The number of piperazine rings is 1. The summed E-state index contributed by atoms with van der Waals surface area (Å²) in [6, 6.07) is 0.425. The minimum absolute atomic E-state index is 0.425. The van der Waals surface area contributed by atoms with Gasteiger partial charge in [-0.2, -0.15) is 0 Å². The lowest BCUT2D eigenvalue weighted by Gasteiger charge is -2.19. The molecule has 7 heavy (non-hydrogen) atoms. The van der Waals surface area contributed by atoms with Gasteiger partial charge in [0.25, 0.3) is 0 Å². The minimum Gasteiger partial charge on any atom is -0.314 e. The maximum Gasteiger partial charge on any atom is 0.0193 e. The molecule has 2 N–H and O–H groups in total. The zero-order valence-electron chi connectivity index (χ0n) is 4.41. The molecule has 1 saturated heterocycles. The van der Waals surface area contributed by atoms with E-state index in [2.05, 4.69) is 17.6 Å². The standard InChI is InChI=1S/C5H11N2/c1-5-4-6-2-3-7-5/h5-7H,1-4H2/t5-/m0/s1. The van der Waals surface area contributed by atoms with E-state index in [-0.39, 0.29) is 0 Å². The van der Waals surface area contributed by atoms with E-state index >= 15 is 0 Å². The highest BCUT2D eigenvalue weighted by Crippen LogP contribution is 1.80. The van der Waals surface area contributed by atoms with E-state index in [4.69, 9.17) is 0 Å². The van der Waals surface area contributed by atoms with Crippen LogP contribution in [0.25, 0.3) is 0 Å². The largest absolute Gasteiger partial charge is 0.314 e. The molecule has 2 nitrogen and oxygen atoms in total. The number of nitrogens with one attached hydrogen (secondary N) is 2. The van der Waals surface area contributed by atoms with Gasteiger partial charge in [0.1, 0.15) is 0 Å². The Morgan fingerprint density at radius 1 is 1.43 bits per heavy atom. The topological polar surface area (TPSA) is 24.1 Å². The number of hydrogen-bond donors (Lipinski definition) is 2. The Hall–Kier alpha value is -0.0800. The third-order valence-electron chi connectivity index (χ3n) is 1.13. The molecule has 0 aromatic carbocycles. The van der Waals surface area contributed by atoms with E-state index in [1.807, 2.05) is 0 Å². The Morgan fingerprint density at radius 2 is 2.29 bits per heavy atom. The Labute approximate surface area is 44.3 Å². The first-order valence-electron chi connectivity index (χ1n) is 2.67. The molecule has 0 spiro atoms. The first kappa shape index (κ1) is 5.06. The molecule has 0 bridgehead atoms. The molecule has 1 aliphatic heterocycles. The van der Waals surface area contributed by atoms with Crippen LogP contribution >= 0.6 is 0 Å². The van der Waals surface area contributed by atoms with Crippen molar-refractivity contribution in [3.05, 3.63) is 6.92 Å². The lowest BCUT2D eigenvalue weighted by atomic mass is 10.3. The van der Waals surface area contributed by atoms with Gasteiger partial charge in [-0.05, 0) is 6.92 Å². The van der Waals surface area contributed by atoms with Crippen molar-refractivity contribution in [1.29, 1.82) is 0 Å². The van der Waals surface area contributed by atoms with Crippen LogP contribution in [0.3, 0.4) is 0 Å². The molecule has 0 aromatic rings. The van der Waals surface area contributed by atoms with Gasteiger partial charge in [0.15, 0.2) is 0 Å². The summed E-state index contributed by atoms with van der Waals surface area (Å²) < 4.78 is 0. The molecule has 1 fully saturated rings. The van der Waals surface area contributed by atoms with Crippen LogP contribution < -0.4 is 10.6 Å². The second kappa shape index (κ2) is 2.28. The van der Waals surface area contributed by atoms with Crippen LogP contribution in [0.15, 0.2) is 0 Å². The van der Waals surface area contributed by atoms with Gasteiger partial charge in [-0.15, -0.1) is 0 Å². The Morgan fingerprint density at radius 3 is 2.57 bits per heavy atom. The summed E-state index contributed by atoms with van der Waals surface area (Å²) in [4.78, 5) is 0. The fraction of sp³-hybridized carbons (Fsp3) is 0.800. The quantitative estimate of drug-likeness (QED) is 0.423. The molecule has 1 radical (unpaired) electrons. The number of hydrogen-bond acceptors (Lipinski definition) is 2. The van der Waals surface area contributed by atoms with Crippen LogP contribution in [0.4, 0.5) is 0 Å². The minimum atomic E-state index is 0.425. The molecular weight excluding hydrogens is 88.1 g/mol. The van der Waals surface area contributed by atoms with Crippen molar-refractivity contribution in [2.45, 2.75) is 6.04 Å². The highest BCUT2D eigenvalue weighted by Gasteiger charge is 2.03. The predicted molar refractivity (Wildman–Crippen MR) is 30.0 cm³/mol. The van der Waals surface area contributed by atoms with Crippen molar-refractivity contribution in [2.24, 2.45) is 0 Å². The Kier molecular flexibility index (Phi) is 1.65. The zero-order chi connectivity index (χ0) is 5.11. The molecule has 41 valence electrons. The summed E-state index contributed by atoms with van der Waals surface area (Å²) in [5, 5.41) is 6.42. The maximum absolute atomic E-state index is 3.82. The molecule has 2 heteroatoms. The fourth-order valence-corrected chi connectivity index (χ4v) is 0.713. The average Bonchev–Trinajstić information content (AvgIpc) is 1.69. The zero-order valence-corrected chi connectivity index (χ0v) is 4.41. The van der Waals surface area contributed by atoms with Gasteiger partial charge in [0, 0.05) is 25.7 Å². The monoisotopic (exact) mass is 99.1 g/mol. The van der Waals surface area contributed by atoms with Gasteiger partial charge in [0.05, 0.1) is 0 Å². The van der Waals surface area contributed by atoms with Crippen molar-refractivity contribution in [3.8, 4) is 0 Å². The van der Waals surface area contributed by atoms with Crippen LogP contribution in [-0.2, 0) is 0 Å². The molecule has 1 heterocycles. The maximum atomic E-state index is 3.82. The molecule has 0 amide bonds. The Balaban J connectivity index is 2.12. The van der Waals surface area contributed by atoms with Crippen molar-refractivity contribution >= 4 is 0 Å². The molecular formula is C5H11N2. The molecule has 0 aromatic heterocycles. The summed E-state index contributed by atoms with van der Waals surface area (Å²) in [7, 11) is 0. The van der Waals surface area contributed by atoms with Crippen molar-refractivity contribution in [3.63, 3.8) is 0 Å². The van der Waals surface area contributed by atoms with E-state index in [1.54, 1.807) is 0 Å². The highest BCUT2D eigenvalue weighted by atomic mass is 15.0. The molecule has 0 aliphatic carbocycles. The second-order valence-electron chi connectivity index (χ2n) is 1.86. The summed E-state index contributed by atoms with van der Waals surface area (Å²) in [6.07, 6.45) is 0. The predicted octanol–water partition coefficient (Wildman–Crippen LogP) is -0.618. The Bertz CT molecular complexity index is 48.0. The molecule has 1 aliphatic rings. The third kappa shape index (κ3) is 1.45. The molecule has 0 unspecified atom stereocenters. The average molecular weight is 99.2 g/mol. The molecule has 0 saturated carbocycles. The van der Waals surface area contributed by atoms with Crippen LogP contribution in [0, 0.1) is 6.92 Å². The summed E-state index contributed by atoms with van der Waals surface area (Å²) >= 11 is 0. The molecule has 1 atom stereocenters. The van der Waals surface area contributed by atoms with Crippen molar-refractivity contribution < 1.29 is 0 Å². The van der Waals surface area contributed by atoms with E-state index < -0.39 is 0 Å². The summed E-state index contributed by atoms with van der Waals surface area (Å²) in [5.74, 6) is 0. The van der Waals surface area contributed by atoms with Crippen LogP contribution in [0.5, 0.6) is 0 Å². The lowest BCUT2D eigenvalue weighted by molar-refractivity contribution is 0.469. The lowest BCUT2D eigenvalue weighted by Crippen LogP contribution is -2.46. The number of rotatable bonds is 0. The van der Waals surface area contributed by atoms with Gasteiger partial charge in [0.2, 0.25) is 0 Å². The van der Waals surface area contributed by atoms with Gasteiger partial charge in [-0.25, -0.2) is 0 Å². The summed E-state index contributed by atoms with van der Waals surface area (Å²) in [6.45, 7) is 6.99. The first-order chi connectivity index (χ1) is 3.39. The third-order valence-corrected chi connectivity index (χ3v) is 1.13. The van der Waals surface area contributed by atoms with Crippen molar-refractivity contribution in [2.75, 3.05) is 19.6 Å². The second-order valence-corrected chi connectivity index (χ2v) is 1.86. The summed E-state index contributed by atoms with van der Waals surface area (Å²) in [5.41, 5.74) is 0.